The molecule has 0 spiro atoms. The van der Waals surface area contributed by atoms with Crippen LogP contribution in [0.25, 0.3) is 22.4 Å². The summed E-state index contributed by atoms with van der Waals surface area (Å²) in [7, 11) is 0. The number of nitrogens with one attached hydrogen (secondary N) is 1. The predicted molar refractivity (Wildman–Crippen MR) is 83.4 cm³/mol. The monoisotopic (exact) mass is 315 g/mol. The van der Waals surface area contributed by atoms with Crippen LogP contribution in [0.4, 0.5) is 0 Å². The van der Waals surface area contributed by atoms with Gasteiger partial charge in [0.2, 0.25) is 0 Å². The van der Waals surface area contributed by atoms with Crippen LogP contribution in [0.3, 0.4) is 0 Å². The molecule has 0 fully saturated rings. The zero-order valence-electron chi connectivity index (χ0n) is 9.84. The van der Waals surface area contributed by atoms with Gasteiger partial charge in [-0.05, 0) is 23.8 Å². The van der Waals surface area contributed by atoms with Crippen molar-refractivity contribution in [1.29, 1.82) is 0 Å². The molecule has 1 aromatic carbocycles. The maximum absolute atomic E-state index is 5.90. The zero-order chi connectivity index (χ0) is 11.7. The number of benzene rings is 1. The Labute approximate surface area is 128 Å². The van der Waals surface area contributed by atoms with E-state index in [0.29, 0.717) is 5.88 Å². The van der Waals surface area contributed by atoms with Gasteiger partial charge in [0.25, 0.3) is 0 Å². The van der Waals surface area contributed by atoms with E-state index in [0.717, 1.165) is 28.0 Å². The van der Waals surface area contributed by atoms with Gasteiger partial charge in [-0.25, -0.2) is 4.98 Å². The van der Waals surface area contributed by atoms with Gasteiger partial charge in [-0.3, -0.25) is 4.98 Å². The van der Waals surface area contributed by atoms with E-state index in [-0.39, 0.29) is 24.8 Å². The minimum absolute atomic E-state index is 0. The van der Waals surface area contributed by atoms with Crippen molar-refractivity contribution in [3.63, 3.8) is 0 Å². The number of aromatic amines is 1. The van der Waals surface area contributed by atoms with E-state index in [9.17, 15) is 0 Å². The quantitative estimate of drug-likeness (QED) is 0.720. The standard InChI is InChI=1S/C13H10ClN3.2ClH/c14-7-9-3-1-5-11-12(9)17-13(16-11)10-4-2-6-15-8-10;;/h1-6,8H,7H2,(H,16,17);2*1H. The Bertz CT molecular complexity index is 653. The first-order valence-electron chi connectivity index (χ1n) is 5.32. The molecule has 3 aromatic rings. The third-order valence-corrected chi connectivity index (χ3v) is 2.97. The Morgan fingerprint density at radius 2 is 1.95 bits per heavy atom. The van der Waals surface area contributed by atoms with Crippen LogP contribution in [0.2, 0.25) is 0 Å². The molecule has 1 N–H and O–H groups in total. The number of aromatic nitrogens is 3. The minimum atomic E-state index is 0. The lowest BCUT2D eigenvalue weighted by Gasteiger charge is -1.95. The van der Waals surface area contributed by atoms with Gasteiger partial charge in [-0.15, -0.1) is 36.4 Å². The molecular weight excluding hydrogens is 305 g/mol. The minimum Gasteiger partial charge on any atom is -0.338 e. The third-order valence-electron chi connectivity index (χ3n) is 2.68. The molecule has 0 aliphatic carbocycles. The molecule has 0 saturated heterocycles. The first-order valence-corrected chi connectivity index (χ1v) is 5.86. The Balaban J connectivity index is 0.000000902. The fourth-order valence-electron chi connectivity index (χ4n) is 1.84. The second-order valence-electron chi connectivity index (χ2n) is 3.77. The number of para-hydroxylation sites is 1. The molecule has 6 heteroatoms. The number of H-pyrrole nitrogens is 1. The lowest BCUT2D eigenvalue weighted by molar-refractivity contribution is 1.27. The molecule has 19 heavy (non-hydrogen) atoms. The molecule has 0 amide bonds. The van der Waals surface area contributed by atoms with Crippen molar-refractivity contribution in [1.82, 2.24) is 15.0 Å². The van der Waals surface area contributed by atoms with Gasteiger partial charge < -0.3 is 4.98 Å². The van der Waals surface area contributed by atoms with Crippen LogP contribution in [-0.2, 0) is 5.88 Å². The zero-order valence-corrected chi connectivity index (χ0v) is 12.2. The molecule has 0 aliphatic heterocycles. The number of alkyl halides is 1. The number of hydrogen-bond donors (Lipinski definition) is 1. The van der Waals surface area contributed by atoms with Gasteiger partial charge in [0.1, 0.15) is 5.82 Å². The van der Waals surface area contributed by atoms with Crippen LogP contribution in [0.15, 0.2) is 42.7 Å². The molecule has 2 heterocycles. The van der Waals surface area contributed by atoms with Crippen LogP contribution in [0.5, 0.6) is 0 Å². The number of rotatable bonds is 2. The second-order valence-corrected chi connectivity index (χ2v) is 4.04. The average molecular weight is 317 g/mol. The van der Waals surface area contributed by atoms with E-state index in [2.05, 4.69) is 15.0 Å². The highest BCUT2D eigenvalue weighted by Gasteiger charge is 2.07. The van der Waals surface area contributed by atoms with Crippen molar-refractivity contribution in [3.05, 3.63) is 48.3 Å². The van der Waals surface area contributed by atoms with E-state index in [1.165, 1.54) is 0 Å². The van der Waals surface area contributed by atoms with Gasteiger partial charge in [0.05, 0.1) is 11.0 Å². The van der Waals surface area contributed by atoms with E-state index in [4.69, 9.17) is 11.6 Å². The Kier molecular flexibility index (Phi) is 5.60. The van der Waals surface area contributed by atoms with Crippen molar-refractivity contribution in [2.24, 2.45) is 0 Å². The van der Waals surface area contributed by atoms with Crippen molar-refractivity contribution in [2.45, 2.75) is 5.88 Å². The summed E-state index contributed by atoms with van der Waals surface area (Å²) in [5.74, 6) is 1.30. The van der Waals surface area contributed by atoms with Crippen molar-refractivity contribution >= 4 is 47.4 Å². The predicted octanol–water partition coefficient (Wildman–Crippen LogP) is 4.21. The van der Waals surface area contributed by atoms with Crippen molar-refractivity contribution in [2.75, 3.05) is 0 Å². The summed E-state index contributed by atoms with van der Waals surface area (Å²) < 4.78 is 0. The molecule has 0 saturated carbocycles. The van der Waals surface area contributed by atoms with Gasteiger partial charge in [0.15, 0.2) is 0 Å². The molecule has 3 rings (SSSR count). The summed E-state index contributed by atoms with van der Waals surface area (Å²) in [4.78, 5) is 11.9. The number of pyridine rings is 1. The molecule has 2 aromatic heterocycles. The first kappa shape index (κ1) is 15.8. The van der Waals surface area contributed by atoms with Gasteiger partial charge >= 0.3 is 0 Å². The maximum atomic E-state index is 5.90. The topological polar surface area (TPSA) is 41.6 Å². The van der Waals surface area contributed by atoms with Crippen LogP contribution in [0, 0.1) is 0 Å². The number of imidazole rings is 1. The third kappa shape index (κ3) is 3.00. The number of hydrogen-bond acceptors (Lipinski definition) is 2. The summed E-state index contributed by atoms with van der Waals surface area (Å²) in [6.45, 7) is 0. The van der Waals surface area contributed by atoms with Crippen LogP contribution >= 0.6 is 36.4 Å². The molecular formula is C13H12Cl3N3. The lowest BCUT2D eigenvalue weighted by Crippen LogP contribution is -1.81. The Morgan fingerprint density at radius 3 is 2.63 bits per heavy atom. The highest BCUT2D eigenvalue weighted by molar-refractivity contribution is 6.17. The lowest BCUT2D eigenvalue weighted by atomic mass is 10.2. The van der Waals surface area contributed by atoms with Gasteiger partial charge in [0, 0.05) is 23.8 Å². The van der Waals surface area contributed by atoms with E-state index in [1.54, 1.807) is 12.4 Å². The summed E-state index contributed by atoms with van der Waals surface area (Å²) in [5.41, 5.74) is 3.97. The van der Waals surface area contributed by atoms with Gasteiger partial charge in [-0.2, -0.15) is 0 Å². The van der Waals surface area contributed by atoms with Crippen LogP contribution in [0.1, 0.15) is 5.56 Å². The molecule has 0 unspecified atom stereocenters. The Morgan fingerprint density at radius 1 is 1.11 bits per heavy atom. The SMILES string of the molecule is Cl.Cl.ClCc1cccc2nc(-c3cccnc3)[nH]c12. The van der Waals surface area contributed by atoms with Crippen molar-refractivity contribution < 1.29 is 0 Å². The fraction of sp³-hybridized carbons (Fsp3) is 0.0769. The summed E-state index contributed by atoms with van der Waals surface area (Å²) >= 11 is 5.90. The normalized spacial score (nSPS) is 9.74. The highest BCUT2D eigenvalue weighted by atomic mass is 35.5. The molecule has 100 valence electrons. The van der Waals surface area contributed by atoms with E-state index in [1.807, 2.05) is 30.3 Å². The van der Waals surface area contributed by atoms with Crippen LogP contribution in [-0.4, -0.2) is 15.0 Å². The molecule has 0 bridgehead atoms. The maximum Gasteiger partial charge on any atom is 0.140 e. The molecule has 3 nitrogen and oxygen atoms in total. The smallest absolute Gasteiger partial charge is 0.140 e. The fourth-order valence-corrected chi connectivity index (χ4v) is 2.06. The van der Waals surface area contributed by atoms with Crippen LogP contribution < -0.4 is 0 Å². The summed E-state index contributed by atoms with van der Waals surface area (Å²) in [5, 5.41) is 0. The summed E-state index contributed by atoms with van der Waals surface area (Å²) in [6.07, 6.45) is 3.54. The molecule has 0 atom stereocenters. The molecule has 0 aliphatic rings. The number of fused-ring (bicyclic) bond motifs is 1. The Hall–Kier alpha value is -1.29. The number of halogens is 3. The average Bonchev–Trinajstić information content (AvgIpc) is 2.83. The first-order chi connectivity index (χ1) is 8.38. The van der Waals surface area contributed by atoms with Gasteiger partial charge in [-0.1, -0.05) is 12.1 Å². The van der Waals surface area contributed by atoms with Crippen molar-refractivity contribution in [3.8, 4) is 11.4 Å². The molecule has 0 radical (unpaired) electrons. The summed E-state index contributed by atoms with van der Waals surface area (Å²) in [6, 6.07) is 9.81. The largest absolute Gasteiger partial charge is 0.338 e. The second kappa shape index (κ2) is 6.75. The van der Waals surface area contributed by atoms with E-state index >= 15 is 0 Å². The van der Waals surface area contributed by atoms with E-state index < -0.39 is 0 Å². The number of nitrogens with zero attached hydrogens (tertiary/aromatic N) is 2. The highest BCUT2D eigenvalue weighted by Crippen LogP contribution is 2.22.